The topological polar surface area (TPSA) is 73.5 Å². The molecule has 0 spiro atoms. The summed E-state index contributed by atoms with van der Waals surface area (Å²) in [5, 5.41) is 9.47. The van der Waals surface area contributed by atoms with E-state index in [-0.39, 0.29) is 22.9 Å². The van der Waals surface area contributed by atoms with E-state index in [0.717, 1.165) is 40.7 Å². The second-order valence-electron chi connectivity index (χ2n) is 9.60. The van der Waals surface area contributed by atoms with E-state index in [1.165, 1.54) is 5.56 Å². The number of carbonyl (C=O) groups excluding carboxylic acids is 1. The van der Waals surface area contributed by atoms with Gasteiger partial charge < -0.3 is 10.2 Å². The molecule has 3 aliphatic rings. The van der Waals surface area contributed by atoms with Gasteiger partial charge in [0.2, 0.25) is 5.96 Å². The lowest BCUT2D eigenvalue weighted by atomic mass is 9.79. The maximum Gasteiger partial charge on any atom is 0.263 e. The van der Waals surface area contributed by atoms with Crippen molar-refractivity contribution in [2.75, 3.05) is 25.0 Å². The predicted octanol–water partition coefficient (Wildman–Crippen LogP) is 2.59. The van der Waals surface area contributed by atoms with E-state index in [0.29, 0.717) is 13.1 Å². The number of nitrogens with two attached hydrogens (primary N) is 1. The van der Waals surface area contributed by atoms with Crippen LogP contribution in [-0.2, 0) is 5.75 Å². The molecule has 0 radical (unpaired) electrons. The van der Waals surface area contributed by atoms with Gasteiger partial charge in [-0.1, -0.05) is 30.3 Å². The van der Waals surface area contributed by atoms with Crippen molar-refractivity contribution in [1.29, 1.82) is 0 Å². The molecule has 2 aromatic carbocycles. The molecule has 1 aliphatic carbocycles. The minimum Gasteiger partial charge on any atom is -0.319 e. The SMILES string of the molecule is CNCC(C)(C=[NH2+])C1(N2C(=O)c3cc(SCc4ccccc4)ccc3N3C2=NC[C@H]3C)CC1. The Bertz CT molecular complexity index is 1110. The highest BCUT2D eigenvalue weighted by Gasteiger charge is 2.65. The number of amides is 1. The van der Waals surface area contributed by atoms with Crippen LogP contribution in [0.3, 0.4) is 0 Å². The van der Waals surface area contributed by atoms with Crippen molar-refractivity contribution in [1.82, 2.24) is 10.2 Å². The van der Waals surface area contributed by atoms with Crippen molar-refractivity contribution in [3.8, 4) is 0 Å². The smallest absolute Gasteiger partial charge is 0.263 e. The summed E-state index contributed by atoms with van der Waals surface area (Å²) < 4.78 is 0. The summed E-state index contributed by atoms with van der Waals surface area (Å²) in [7, 11) is 1.93. The van der Waals surface area contributed by atoms with E-state index in [9.17, 15) is 4.79 Å². The van der Waals surface area contributed by atoms with Crippen LogP contribution >= 0.6 is 11.8 Å². The number of thioether (sulfide) groups is 1. The first-order chi connectivity index (χ1) is 15.9. The second-order valence-corrected chi connectivity index (χ2v) is 10.6. The first-order valence-corrected chi connectivity index (χ1v) is 12.6. The first-order valence-electron chi connectivity index (χ1n) is 11.6. The lowest BCUT2D eigenvalue weighted by Gasteiger charge is -2.46. The Morgan fingerprint density at radius 2 is 2.03 bits per heavy atom. The van der Waals surface area contributed by atoms with Gasteiger partial charge in [0.15, 0.2) is 0 Å². The average Bonchev–Trinajstić information content (AvgIpc) is 3.56. The van der Waals surface area contributed by atoms with Crippen molar-refractivity contribution < 1.29 is 10.2 Å². The largest absolute Gasteiger partial charge is 0.319 e. The quantitative estimate of drug-likeness (QED) is 0.467. The van der Waals surface area contributed by atoms with Crippen LogP contribution in [0.1, 0.15) is 42.6 Å². The Balaban J connectivity index is 1.52. The van der Waals surface area contributed by atoms with Crippen molar-refractivity contribution in [3.63, 3.8) is 0 Å². The zero-order chi connectivity index (χ0) is 23.2. The summed E-state index contributed by atoms with van der Waals surface area (Å²) in [5.41, 5.74) is 2.29. The van der Waals surface area contributed by atoms with Gasteiger partial charge in [0.25, 0.3) is 5.91 Å². The normalized spacial score (nSPS) is 22.3. The fourth-order valence-electron chi connectivity index (χ4n) is 5.33. The van der Waals surface area contributed by atoms with Crippen molar-refractivity contribution in [2.45, 2.75) is 48.9 Å². The fourth-order valence-corrected chi connectivity index (χ4v) is 6.22. The zero-order valence-corrected chi connectivity index (χ0v) is 20.4. The van der Waals surface area contributed by atoms with Crippen molar-refractivity contribution >= 4 is 35.5 Å². The molecule has 172 valence electrons. The number of guanidine groups is 1. The minimum atomic E-state index is -0.353. The summed E-state index contributed by atoms with van der Waals surface area (Å²) in [6, 6.07) is 16.9. The highest BCUT2D eigenvalue weighted by Crippen LogP contribution is 2.56. The van der Waals surface area contributed by atoms with E-state index < -0.39 is 0 Å². The van der Waals surface area contributed by atoms with Crippen LogP contribution in [0.5, 0.6) is 0 Å². The number of hydrogen-bond donors (Lipinski definition) is 2. The van der Waals surface area contributed by atoms with Crippen LogP contribution in [0.4, 0.5) is 5.69 Å². The molecule has 2 aromatic rings. The maximum absolute atomic E-state index is 14.1. The Morgan fingerprint density at radius 3 is 2.70 bits per heavy atom. The number of anilines is 1. The van der Waals surface area contributed by atoms with Gasteiger partial charge >= 0.3 is 0 Å². The molecule has 1 saturated carbocycles. The van der Waals surface area contributed by atoms with Gasteiger partial charge in [-0.15, -0.1) is 11.8 Å². The monoisotopic (exact) mass is 462 g/mol. The highest BCUT2D eigenvalue weighted by molar-refractivity contribution is 7.98. The van der Waals surface area contributed by atoms with Crippen LogP contribution in [0, 0.1) is 5.41 Å². The van der Waals surface area contributed by atoms with E-state index in [2.05, 4.69) is 66.5 Å². The molecule has 33 heavy (non-hydrogen) atoms. The maximum atomic E-state index is 14.1. The predicted molar refractivity (Wildman–Crippen MR) is 135 cm³/mol. The molecule has 1 fully saturated rings. The summed E-state index contributed by atoms with van der Waals surface area (Å²) in [5.74, 6) is 1.70. The Labute approximate surface area is 200 Å². The Kier molecular flexibility index (Phi) is 5.57. The van der Waals surface area contributed by atoms with Crippen molar-refractivity contribution in [3.05, 3.63) is 59.7 Å². The van der Waals surface area contributed by atoms with Crippen LogP contribution in [0.15, 0.2) is 58.4 Å². The molecule has 3 N–H and O–H groups in total. The molecule has 0 aromatic heterocycles. The van der Waals surface area contributed by atoms with Gasteiger partial charge in [-0.2, -0.15) is 0 Å². The fraction of sp³-hybridized carbons (Fsp3) is 0.423. The standard InChI is InChI=1S/C26H31N5OS/c1-18-14-29-24-30(18)22-10-9-20(33-15-19-7-5-4-6-8-19)13-21(22)23(32)31(24)26(11-12-26)25(2,16-27)17-28-3/h4-10,13,16,18,27-28H,11-12,14-15,17H2,1-3H3/p+1/t18-,25?/m1/s1. The Hall–Kier alpha value is -2.64. The number of hydrogen-bond acceptors (Lipinski definition) is 5. The molecule has 6 nitrogen and oxygen atoms in total. The summed E-state index contributed by atoms with van der Waals surface area (Å²) in [6.45, 7) is 5.71. The molecule has 2 aliphatic heterocycles. The minimum absolute atomic E-state index is 0.0398. The van der Waals surface area contributed by atoms with E-state index >= 15 is 0 Å². The Morgan fingerprint density at radius 1 is 1.27 bits per heavy atom. The number of aliphatic imine (C=N–C) groups is 1. The van der Waals surface area contributed by atoms with E-state index in [1.54, 1.807) is 18.0 Å². The number of nitrogens with zero attached hydrogens (tertiary/aromatic N) is 3. The molecule has 2 atom stereocenters. The lowest BCUT2D eigenvalue weighted by Crippen LogP contribution is -2.65. The van der Waals surface area contributed by atoms with E-state index in [4.69, 9.17) is 10.4 Å². The summed E-state index contributed by atoms with van der Waals surface area (Å²) in [6.07, 6.45) is 3.61. The number of nitrogens with one attached hydrogen (secondary N) is 1. The molecule has 2 heterocycles. The second kappa shape index (κ2) is 8.29. The highest BCUT2D eigenvalue weighted by atomic mass is 32.2. The van der Waals surface area contributed by atoms with Crippen LogP contribution in [-0.4, -0.2) is 54.7 Å². The molecule has 1 unspecified atom stereocenters. The third-order valence-electron chi connectivity index (χ3n) is 7.39. The van der Waals surface area contributed by atoms with Gasteiger partial charge in [-0.25, -0.2) is 0 Å². The average molecular weight is 463 g/mol. The lowest BCUT2D eigenvalue weighted by molar-refractivity contribution is -0.118. The van der Waals surface area contributed by atoms with Gasteiger partial charge in [0, 0.05) is 17.2 Å². The van der Waals surface area contributed by atoms with E-state index in [1.807, 2.05) is 18.0 Å². The molecular formula is C26H32N5OS+. The summed E-state index contributed by atoms with van der Waals surface area (Å²) in [4.78, 5) is 24.3. The molecular weight excluding hydrogens is 430 g/mol. The summed E-state index contributed by atoms with van der Waals surface area (Å²) >= 11 is 1.76. The molecule has 5 rings (SSSR count). The van der Waals surface area contributed by atoms with Crippen LogP contribution < -0.4 is 15.6 Å². The number of fused-ring (bicyclic) bond motifs is 3. The molecule has 7 heteroatoms. The third-order valence-corrected chi connectivity index (χ3v) is 8.45. The van der Waals surface area contributed by atoms with Crippen molar-refractivity contribution in [2.24, 2.45) is 10.4 Å². The number of carbonyl (C=O) groups is 1. The number of rotatable bonds is 8. The van der Waals surface area contributed by atoms with Crippen LogP contribution in [0.2, 0.25) is 0 Å². The molecule has 1 amide bonds. The van der Waals surface area contributed by atoms with Crippen LogP contribution in [0.25, 0.3) is 0 Å². The molecule has 0 bridgehead atoms. The molecule has 0 saturated heterocycles. The third kappa shape index (κ3) is 3.49. The first kappa shape index (κ1) is 22.2. The van der Waals surface area contributed by atoms with Gasteiger partial charge in [0.1, 0.15) is 6.21 Å². The van der Waals surface area contributed by atoms with Gasteiger partial charge in [-0.3, -0.25) is 20.1 Å². The number of benzene rings is 2. The van der Waals surface area contributed by atoms with Gasteiger partial charge in [0.05, 0.1) is 34.8 Å². The van der Waals surface area contributed by atoms with Gasteiger partial charge in [-0.05, 0) is 57.5 Å². The zero-order valence-electron chi connectivity index (χ0n) is 19.5.